The summed E-state index contributed by atoms with van der Waals surface area (Å²) in [7, 11) is -8.11. The van der Waals surface area contributed by atoms with E-state index in [1.165, 1.54) is 0 Å². The maximum absolute atomic E-state index is 8.81. The predicted octanol–water partition coefficient (Wildman–Crippen LogP) is -10.5. The average molecular weight is 748 g/mol. The summed E-state index contributed by atoms with van der Waals surface area (Å²) >= 11 is 0. The third-order valence-corrected chi connectivity index (χ3v) is 2.66. The maximum atomic E-state index is 8.81. The minimum Gasteiger partial charge on any atom is -0.457 e. The van der Waals surface area contributed by atoms with Crippen molar-refractivity contribution in [3.05, 3.63) is 94.1 Å². The average Bonchev–Trinajstić information content (AvgIpc) is 2.89. The van der Waals surface area contributed by atoms with Crippen LogP contribution in [-0.4, -0.2) is 69.3 Å². The van der Waals surface area contributed by atoms with Gasteiger partial charge in [0.2, 0.25) is 0 Å². The zero-order valence-electron chi connectivity index (χ0n) is 23.1. The van der Waals surface area contributed by atoms with Gasteiger partial charge in [-0.05, 0) is 24.3 Å². The number of halogens is 2. The monoisotopic (exact) mass is 747 g/mol. The molecule has 0 unspecified atom stereocenters. The molecule has 4 heterocycles. The zero-order chi connectivity index (χ0) is 32.6. The Morgan fingerprint density at radius 3 is 0.630 bits per heavy atom. The quantitative estimate of drug-likeness (QED) is 0.0794. The summed E-state index contributed by atoms with van der Waals surface area (Å²) in [5.74, 6) is 2.22. The van der Waals surface area contributed by atoms with Gasteiger partial charge in [0, 0.05) is 59.4 Å². The van der Waals surface area contributed by atoms with E-state index in [4.69, 9.17) is 57.5 Å². The molecule has 0 fully saturated rings. The van der Waals surface area contributed by atoms with Crippen molar-refractivity contribution < 1.29 is 101 Å². The Hall–Kier alpha value is -4.22. The molecule has 0 aliphatic rings. The van der Waals surface area contributed by atoms with Gasteiger partial charge in [-0.1, -0.05) is 0 Å². The number of nitro groups is 2. The maximum Gasteiger partial charge on any atom is 2.00 e. The summed E-state index contributed by atoms with van der Waals surface area (Å²) in [4.78, 5) is 48.7. The molecule has 0 amide bonds. The molecule has 0 saturated carbocycles. The Kier molecular flexibility index (Phi) is 36.3. The molecule has 0 spiro atoms. The van der Waals surface area contributed by atoms with E-state index in [0.29, 0.717) is 23.3 Å². The van der Waals surface area contributed by atoms with Crippen molar-refractivity contribution in [2.24, 2.45) is 0 Å². The van der Waals surface area contributed by atoms with Crippen LogP contribution in [0.1, 0.15) is 0 Å². The second kappa shape index (κ2) is 30.8. The first-order valence-electron chi connectivity index (χ1n) is 9.88. The van der Waals surface area contributed by atoms with Crippen LogP contribution in [0, 0.1) is 40.7 Å². The molecule has 25 nitrogen and oxygen atoms in total. The molecule has 0 bridgehead atoms. The van der Waals surface area contributed by atoms with E-state index >= 15 is 0 Å². The van der Waals surface area contributed by atoms with Gasteiger partial charge in [-0.2, -0.15) is 0 Å². The number of hydrogen-bond acceptors (Lipinski definition) is 20. The molecule has 0 saturated heterocycles. The first-order chi connectivity index (χ1) is 19.4. The van der Waals surface area contributed by atoms with Crippen molar-refractivity contribution in [3.8, 4) is 23.3 Å². The SMILES string of the molecule is C[N+](=O)[O-].C[N+](=O)[O-].O.[Mn+2].[O-][Cl+3]([O-])([O-])[O-].[O-][Cl+3]([O-])([O-])[O-].[OH3+].[OH3+].c1cnc(-c2ncccn2)nc1.c1cnc(-c2ncccn2)nc1. The van der Waals surface area contributed by atoms with Crippen molar-refractivity contribution in [2.45, 2.75) is 0 Å². The van der Waals surface area contributed by atoms with E-state index < -0.39 is 30.3 Å². The van der Waals surface area contributed by atoms with E-state index in [2.05, 4.69) is 39.9 Å². The van der Waals surface area contributed by atoms with Crippen molar-refractivity contribution in [3.63, 3.8) is 0 Å². The predicted molar refractivity (Wildman–Crippen MR) is 125 cm³/mol. The molecular weight excluding hydrogens is 722 g/mol. The van der Waals surface area contributed by atoms with Crippen LogP contribution < -0.4 is 37.3 Å². The summed E-state index contributed by atoms with van der Waals surface area (Å²) in [5.41, 5.74) is 0. The Morgan fingerprint density at radius 2 is 0.543 bits per heavy atom. The van der Waals surface area contributed by atoms with Crippen LogP contribution in [0.2, 0.25) is 0 Å². The topological polar surface area (TPSA) is 471 Å². The van der Waals surface area contributed by atoms with Gasteiger partial charge in [0.1, 0.15) is 0 Å². The van der Waals surface area contributed by atoms with Crippen LogP contribution in [0.3, 0.4) is 0 Å². The molecule has 4 aromatic heterocycles. The van der Waals surface area contributed by atoms with Crippen LogP contribution in [0.5, 0.6) is 0 Å². The molecule has 0 aromatic carbocycles. The third-order valence-electron chi connectivity index (χ3n) is 2.66. The molecule has 4 aromatic rings. The fourth-order valence-electron chi connectivity index (χ4n) is 1.66. The van der Waals surface area contributed by atoms with Crippen molar-refractivity contribution in [1.29, 1.82) is 0 Å². The Morgan fingerprint density at radius 1 is 0.457 bits per heavy atom. The van der Waals surface area contributed by atoms with Crippen LogP contribution in [0.25, 0.3) is 23.3 Å². The Balaban J connectivity index is -0.000000110. The number of nitrogens with zero attached hydrogens (tertiary/aromatic N) is 10. The minimum atomic E-state index is -4.94. The molecule has 0 aliphatic heterocycles. The fourth-order valence-corrected chi connectivity index (χ4v) is 1.66. The molecule has 0 aliphatic carbocycles. The standard InChI is InChI=1S/2C8H6N4.2CH3NO2.2ClHO4.Mn.3H2O/c2*1-3-9-7(10-4-1)8-11-5-2-6-12-8;2*1-2(3)4;2*2-1(3,4)5;;;;/h2*1-6H;2*1H3;2*(H,2,3,4,5);;3*1H2/q;;;;;;+2;;;. The van der Waals surface area contributed by atoms with Crippen molar-refractivity contribution >= 4 is 0 Å². The third kappa shape index (κ3) is 46.7. The molecule has 1 radical (unpaired) electrons. The molecule has 46 heavy (non-hydrogen) atoms. The summed E-state index contributed by atoms with van der Waals surface area (Å²) in [5, 5.41) is 17.6. The second-order valence-electron chi connectivity index (χ2n) is 5.92. The molecular formula is C18H26Cl2MnN10O15+2. The number of hydrogen-bond donors (Lipinski definition) is 0. The normalized spacial score (nSPS) is 8.74. The Bertz CT molecular complexity index is 1060. The van der Waals surface area contributed by atoms with E-state index in [9.17, 15) is 0 Å². The van der Waals surface area contributed by atoms with Crippen molar-refractivity contribution in [1.82, 2.24) is 39.9 Å². The van der Waals surface area contributed by atoms with Crippen LogP contribution in [0.4, 0.5) is 0 Å². The van der Waals surface area contributed by atoms with E-state index in [1.54, 1.807) is 73.8 Å². The minimum absolute atomic E-state index is 0. The largest absolute Gasteiger partial charge is 2.00 e. The van der Waals surface area contributed by atoms with E-state index in [1.807, 2.05) is 0 Å². The van der Waals surface area contributed by atoms with Gasteiger partial charge >= 0.3 is 17.1 Å². The molecule has 257 valence electrons. The van der Waals surface area contributed by atoms with Crippen LogP contribution in [0.15, 0.2) is 73.8 Å². The molecule has 28 heteroatoms. The molecule has 0 atom stereocenters. The summed E-state index contributed by atoms with van der Waals surface area (Å²) in [6, 6.07) is 7.03. The Labute approximate surface area is 272 Å². The number of aromatic nitrogens is 8. The molecule has 8 N–H and O–H groups in total. The van der Waals surface area contributed by atoms with Gasteiger partial charge in [-0.25, -0.2) is 77.1 Å². The van der Waals surface area contributed by atoms with Gasteiger partial charge in [0.05, 0.1) is 0 Å². The fraction of sp³-hybridized carbons (Fsp3) is 0.111. The first kappa shape index (κ1) is 54.3. The smallest absolute Gasteiger partial charge is 0.457 e. The van der Waals surface area contributed by atoms with Gasteiger partial charge in [-0.15, -0.1) is 20.5 Å². The van der Waals surface area contributed by atoms with Crippen LogP contribution >= 0.6 is 0 Å². The van der Waals surface area contributed by atoms with E-state index in [-0.39, 0.29) is 33.5 Å². The second-order valence-corrected chi connectivity index (χ2v) is 7.44. The summed E-state index contributed by atoms with van der Waals surface area (Å²) < 4.78 is 67.9. The number of rotatable bonds is 2. The van der Waals surface area contributed by atoms with Gasteiger partial charge in [-0.3, -0.25) is 20.2 Å². The van der Waals surface area contributed by atoms with Crippen molar-refractivity contribution in [2.75, 3.05) is 14.1 Å². The van der Waals surface area contributed by atoms with Gasteiger partial charge in [0.15, 0.2) is 37.4 Å². The van der Waals surface area contributed by atoms with Crippen LogP contribution in [-0.2, 0) is 28.0 Å². The molecule has 4 rings (SSSR count). The van der Waals surface area contributed by atoms with E-state index in [0.717, 1.165) is 14.1 Å². The summed E-state index contributed by atoms with van der Waals surface area (Å²) in [6.07, 6.45) is 13.3. The first-order valence-corrected chi connectivity index (χ1v) is 12.3. The zero-order valence-corrected chi connectivity index (χ0v) is 25.8. The van der Waals surface area contributed by atoms with Gasteiger partial charge in [0.25, 0.3) is 0 Å². The van der Waals surface area contributed by atoms with Gasteiger partial charge < -0.3 is 16.4 Å². The summed E-state index contributed by atoms with van der Waals surface area (Å²) in [6.45, 7) is 0.